The monoisotopic (exact) mass is 297 g/mol. The molecule has 0 aliphatic rings. The molecule has 0 heterocycles. The second-order valence-electron chi connectivity index (χ2n) is 7.17. The molecule has 2 rings (SSSR count). The van der Waals surface area contributed by atoms with Crippen LogP contribution in [0.3, 0.4) is 0 Å². The van der Waals surface area contributed by atoms with Crippen molar-refractivity contribution in [3.63, 3.8) is 0 Å². The van der Waals surface area contributed by atoms with Gasteiger partial charge in [-0.15, -0.1) is 0 Å². The molecule has 0 aromatic heterocycles. The summed E-state index contributed by atoms with van der Waals surface area (Å²) in [7, 11) is 0. The summed E-state index contributed by atoms with van der Waals surface area (Å²) in [5.41, 5.74) is 1.77. The maximum Gasteiger partial charge on any atom is 0.120 e. The molecule has 2 N–H and O–H groups in total. The van der Waals surface area contributed by atoms with Gasteiger partial charge >= 0.3 is 0 Å². The summed E-state index contributed by atoms with van der Waals surface area (Å²) in [6, 6.07) is 18.2. The average molecular weight is 297 g/mol. The van der Waals surface area contributed by atoms with Crippen LogP contribution >= 0.6 is 0 Å². The topological polar surface area (TPSA) is 32.3 Å². The minimum atomic E-state index is -0.354. The molecule has 2 aromatic carbocycles. The number of phenolic OH excluding ortho intramolecular Hbond substituents is 1. The molecule has 0 amide bonds. The molecule has 0 fully saturated rings. The molecular formula is C20H27NO. The first-order chi connectivity index (χ1) is 10.3. The van der Waals surface area contributed by atoms with Crippen LogP contribution in [0.15, 0.2) is 54.6 Å². The average Bonchev–Trinajstić information content (AvgIpc) is 2.47. The van der Waals surface area contributed by atoms with Crippen LogP contribution in [0.25, 0.3) is 0 Å². The van der Waals surface area contributed by atoms with Crippen molar-refractivity contribution in [2.45, 2.75) is 46.2 Å². The highest BCUT2D eigenvalue weighted by Crippen LogP contribution is 2.43. The zero-order chi connectivity index (χ0) is 16.4. The van der Waals surface area contributed by atoms with Gasteiger partial charge in [0.1, 0.15) is 5.75 Å². The van der Waals surface area contributed by atoms with E-state index >= 15 is 0 Å². The van der Waals surface area contributed by atoms with E-state index in [9.17, 15) is 5.11 Å². The van der Waals surface area contributed by atoms with Crippen LogP contribution in [0.1, 0.15) is 51.8 Å². The summed E-state index contributed by atoms with van der Waals surface area (Å²) in [5.74, 6) is 0.340. The first kappa shape index (κ1) is 16.6. The third kappa shape index (κ3) is 3.17. The van der Waals surface area contributed by atoms with Crippen LogP contribution in [0.2, 0.25) is 0 Å². The highest BCUT2D eigenvalue weighted by Gasteiger charge is 2.41. The Kier molecular flexibility index (Phi) is 4.62. The molecule has 22 heavy (non-hydrogen) atoms. The van der Waals surface area contributed by atoms with Crippen molar-refractivity contribution in [3.05, 3.63) is 65.7 Å². The molecule has 0 saturated carbocycles. The van der Waals surface area contributed by atoms with E-state index in [1.165, 1.54) is 5.56 Å². The summed E-state index contributed by atoms with van der Waals surface area (Å²) < 4.78 is 0. The lowest BCUT2D eigenvalue weighted by atomic mass is 9.69. The summed E-state index contributed by atoms with van der Waals surface area (Å²) >= 11 is 0. The summed E-state index contributed by atoms with van der Waals surface area (Å²) in [4.78, 5) is 0. The molecule has 2 aromatic rings. The van der Waals surface area contributed by atoms with Gasteiger partial charge in [-0.1, -0.05) is 69.3 Å². The summed E-state index contributed by atoms with van der Waals surface area (Å²) in [6.07, 6.45) is 0. The van der Waals surface area contributed by atoms with Crippen molar-refractivity contribution in [1.82, 2.24) is 5.32 Å². The Labute approximate surface area is 134 Å². The number of para-hydroxylation sites is 1. The maximum absolute atomic E-state index is 10.4. The minimum absolute atomic E-state index is 0.0606. The predicted octanol–water partition coefficient (Wildman–Crippen LogP) is 5.00. The fourth-order valence-corrected chi connectivity index (χ4v) is 2.85. The highest BCUT2D eigenvalue weighted by atomic mass is 16.3. The van der Waals surface area contributed by atoms with E-state index in [0.29, 0.717) is 5.75 Å². The van der Waals surface area contributed by atoms with Crippen LogP contribution in [0.4, 0.5) is 0 Å². The van der Waals surface area contributed by atoms with Gasteiger partial charge in [-0.3, -0.25) is 0 Å². The fourth-order valence-electron chi connectivity index (χ4n) is 2.85. The van der Waals surface area contributed by atoms with Crippen LogP contribution in [0.5, 0.6) is 5.75 Å². The van der Waals surface area contributed by atoms with Crippen molar-refractivity contribution in [3.8, 4) is 5.75 Å². The van der Waals surface area contributed by atoms with Crippen molar-refractivity contribution < 1.29 is 5.11 Å². The van der Waals surface area contributed by atoms with Gasteiger partial charge in [0.05, 0.1) is 0 Å². The Balaban J connectivity index is 2.42. The number of hydrogen-bond donors (Lipinski definition) is 2. The van der Waals surface area contributed by atoms with Gasteiger partial charge in [0, 0.05) is 17.1 Å². The number of phenols is 1. The molecule has 118 valence electrons. The first-order valence-corrected chi connectivity index (χ1v) is 7.87. The number of nitrogens with one attached hydrogen (secondary N) is 1. The Hall–Kier alpha value is -1.80. The zero-order valence-electron chi connectivity index (χ0n) is 14.2. The van der Waals surface area contributed by atoms with Gasteiger partial charge in [-0.25, -0.2) is 0 Å². The van der Waals surface area contributed by atoms with Crippen LogP contribution in [0, 0.1) is 5.41 Å². The Morgan fingerprint density at radius 3 is 1.95 bits per heavy atom. The Morgan fingerprint density at radius 1 is 0.864 bits per heavy atom. The second-order valence-corrected chi connectivity index (χ2v) is 7.17. The molecule has 0 aliphatic heterocycles. The number of benzene rings is 2. The standard InChI is InChI=1S/C20H27NO/c1-15(16-11-7-6-8-12-16)21-20(5,19(2,3)4)17-13-9-10-14-18(17)22/h6-15,21-22H,1-5H3/t15-,20+/m1/s1. The third-order valence-electron chi connectivity index (χ3n) is 4.75. The SMILES string of the molecule is C[C@@H](N[C@@](C)(c1ccccc1O)C(C)(C)C)c1ccccc1. The van der Waals surface area contributed by atoms with E-state index in [4.69, 9.17) is 0 Å². The lowest BCUT2D eigenvalue weighted by molar-refractivity contribution is 0.137. The molecule has 2 atom stereocenters. The van der Waals surface area contributed by atoms with Gasteiger partial charge in [0.15, 0.2) is 0 Å². The lowest BCUT2D eigenvalue weighted by Gasteiger charge is -2.45. The summed E-state index contributed by atoms with van der Waals surface area (Å²) in [6.45, 7) is 10.9. The molecule has 2 heteroatoms. The molecule has 0 unspecified atom stereocenters. The van der Waals surface area contributed by atoms with Crippen molar-refractivity contribution in [1.29, 1.82) is 0 Å². The number of rotatable bonds is 4. The van der Waals surface area contributed by atoms with Crippen LogP contribution in [-0.2, 0) is 5.54 Å². The molecule has 0 saturated heterocycles. The van der Waals surface area contributed by atoms with Crippen molar-refractivity contribution >= 4 is 0 Å². The van der Waals surface area contributed by atoms with Crippen molar-refractivity contribution in [2.75, 3.05) is 0 Å². The number of hydrogen-bond acceptors (Lipinski definition) is 2. The van der Waals surface area contributed by atoms with Gasteiger partial charge in [0.2, 0.25) is 0 Å². The Bertz CT molecular complexity index is 615. The summed E-state index contributed by atoms with van der Waals surface area (Å²) in [5, 5.41) is 14.1. The van der Waals surface area contributed by atoms with E-state index in [0.717, 1.165) is 5.56 Å². The normalized spacial score (nSPS) is 16.0. The third-order valence-corrected chi connectivity index (χ3v) is 4.75. The molecule has 0 bridgehead atoms. The van der Waals surface area contributed by atoms with Crippen molar-refractivity contribution in [2.24, 2.45) is 5.41 Å². The first-order valence-electron chi connectivity index (χ1n) is 7.87. The van der Waals surface area contributed by atoms with E-state index in [2.05, 4.69) is 64.2 Å². The quantitative estimate of drug-likeness (QED) is 0.832. The molecule has 0 spiro atoms. The fraction of sp³-hybridized carbons (Fsp3) is 0.400. The molecular weight excluding hydrogens is 270 g/mol. The van der Waals surface area contributed by atoms with Gasteiger partial charge in [-0.2, -0.15) is 0 Å². The maximum atomic E-state index is 10.4. The largest absolute Gasteiger partial charge is 0.508 e. The molecule has 0 aliphatic carbocycles. The van der Waals surface area contributed by atoms with E-state index in [-0.39, 0.29) is 17.0 Å². The van der Waals surface area contributed by atoms with Crippen LogP contribution < -0.4 is 5.32 Å². The van der Waals surface area contributed by atoms with Crippen LogP contribution in [-0.4, -0.2) is 5.11 Å². The van der Waals surface area contributed by atoms with E-state index in [1.807, 2.05) is 24.3 Å². The van der Waals surface area contributed by atoms with E-state index in [1.54, 1.807) is 6.07 Å². The second kappa shape index (κ2) is 6.13. The van der Waals surface area contributed by atoms with Gasteiger partial charge in [0.25, 0.3) is 0 Å². The number of aromatic hydroxyl groups is 1. The minimum Gasteiger partial charge on any atom is -0.508 e. The smallest absolute Gasteiger partial charge is 0.120 e. The molecule has 0 radical (unpaired) electrons. The van der Waals surface area contributed by atoms with Gasteiger partial charge < -0.3 is 10.4 Å². The highest BCUT2D eigenvalue weighted by molar-refractivity contribution is 5.39. The zero-order valence-corrected chi connectivity index (χ0v) is 14.2. The van der Waals surface area contributed by atoms with Gasteiger partial charge in [-0.05, 0) is 30.9 Å². The lowest BCUT2D eigenvalue weighted by Crippen LogP contribution is -2.50. The Morgan fingerprint density at radius 2 is 1.41 bits per heavy atom. The molecule has 2 nitrogen and oxygen atoms in total. The van der Waals surface area contributed by atoms with E-state index < -0.39 is 0 Å². The predicted molar refractivity (Wildman–Crippen MR) is 92.9 cm³/mol.